The first-order valence-electron chi connectivity index (χ1n) is 9.87. The van der Waals surface area contributed by atoms with Crippen molar-refractivity contribution in [3.8, 4) is 11.5 Å². The minimum Gasteiger partial charge on any atom is -0.419 e. The van der Waals surface area contributed by atoms with Gasteiger partial charge in [0.05, 0.1) is 11.1 Å². The zero-order chi connectivity index (χ0) is 21.9. The third-order valence-corrected chi connectivity index (χ3v) is 4.89. The van der Waals surface area contributed by atoms with Crippen LogP contribution in [-0.4, -0.2) is 11.9 Å². The van der Waals surface area contributed by atoms with Crippen LogP contribution in [0.4, 0.5) is 0 Å². The van der Waals surface area contributed by atoms with E-state index in [1.165, 1.54) is 0 Å². The Bertz CT molecular complexity index is 1060. The molecule has 4 nitrogen and oxygen atoms in total. The van der Waals surface area contributed by atoms with E-state index in [2.05, 4.69) is 20.8 Å². The lowest BCUT2D eigenvalue weighted by Crippen LogP contribution is -2.18. The highest BCUT2D eigenvalue weighted by Gasteiger charge is 2.26. The first kappa shape index (κ1) is 21.3. The molecule has 0 fully saturated rings. The number of benzene rings is 3. The minimum absolute atomic E-state index is 0.176. The molecule has 0 aromatic heterocycles. The number of hydrogen-bond acceptors (Lipinski definition) is 4. The van der Waals surface area contributed by atoms with Crippen LogP contribution in [0.25, 0.3) is 0 Å². The van der Waals surface area contributed by atoms with Crippen molar-refractivity contribution in [2.45, 2.75) is 40.0 Å². The summed E-state index contributed by atoms with van der Waals surface area (Å²) in [7, 11) is 0. The highest BCUT2D eigenvalue weighted by molar-refractivity contribution is 5.93. The second kappa shape index (κ2) is 8.54. The Hall–Kier alpha value is -3.40. The molecular weight excluding hydrogens is 376 g/mol. The zero-order valence-electron chi connectivity index (χ0n) is 18.0. The standard InChI is InChI=1S/C26H26O4/c1-17-16-21(26(3,4)5)18(2)23(30-25(28)20-14-10-7-11-15-20)22(17)29-24(27)19-12-8-6-9-13-19/h6-16H,1-5H3. The summed E-state index contributed by atoms with van der Waals surface area (Å²) < 4.78 is 11.5. The molecule has 0 saturated carbocycles. The Morgan fingerprint density at radius 3 is 1.57 bits per heavy atom. The lowest BCUT2D eigenvalue weighted by molar-refractivity contribution is 0.0680. The Balaban J connectivity index is 2.07. The molecule has 0 atom stereocenters. The molecule has 0 aliphatic carbocycles. The van der Waals surface area contributed by atoms with Gasteiger partial charge in [0, 0.05) is 0 Å². The van der Waals surface area contributed by atoms with Crippen molar-refractivity contribution < 1.29 is 19.1 Å². The van der Waals surface area contributed by atoms with Gasteiger partial charge in [-0.1, -0.05) is 63.2 Å². The van der Waals surface area contributed by atoms with Gasteiger partial charge in [-0.15, -0.1) is 0 Å². The van der Waals surface area contributed by atoms with Crippen LogP contribution in [-0.2, 0) is 5.41 Å². The van der Waals surface area contributed by atoms with E-state index in [4.69, 9.17) is 9.47 Å². The first-order chi connectivity index (χ1) is 14.2. The molecule has 0 N–H and O–H groups in total. The van der Waals surface area contributed by atoms with Gasteiger partial charge in [-0.3, -0.25) is 0 Å². The molecule has 4 heteroatoms. The van der Waals surface area contributed by atoms with E-state index in [1.54, 1.807) is 48.5 Å². The SMILES string of the molecule is Cc1cc(C(C)(C)C)c(C)c(OC(=O)c2ccccc2)c1OC(=O)c1ccccc1. The van der Waals surface area contributed by atoms with Crippen LogP contribution in [0, 0.1) is 13.8 Å². The van der Waals surface area contributed by atoms with Gasteiger partial charge in [0.1, 0.15) is 0 Å². The minimum atomic E-state index is -0.501. The summed E-state index contributed by atoms with van der Waals surface area (Å²) in [5.74, 6) is -0.462. The molecule has 0 radical (unpaired) electrons. The Morgan fingerprint density at radius 1 is 0.700 bits per heavy atom. The van der Waals surface area contributed by atoms with Crippen LogP contribution in [0.3, 0.4) is 0 Å². The molecule has 0 aliphatic heterocycles. The predicted octanol–water partition coefficient (Wildman–Crippen LogP) is 6.04. The average Bonchev–Trinajstić information content (AvgIpc) is 2.73. The normalized spacial score (nSPS) is 11.1. The van der Waals surface area contributed by atoms with Gasteiger partial charge < -0.3 is 9.47 Å². The Kier molecular flexibility index (Phi) is 6.06. The van der Waals surface area contributed by atoms with Crippen molar-refractivity contribution in [3.05, 3.63) is 94.5 Å². The van der Waals surface area contributed by atoms with Crippen molar-refractivity contribution >= 4 is 11.9 Å². The fourth-order valence-corrected chi connectivity index (χ4v) is 3.34. The van der Waals surface area contributed by atoms with E-state index < -0.39 is 11.9 Å². The van der Waals surface area contributed by atoms with Crippen LogP contribution >= 0.6 is 0 Å². The fraction of sp³-hybridized carbons (Fsp3) is 0.231. The van der Waals surface area contributed by atoms with E-state index in [9.17, 15) is 9.59 Å². The van der Waals surface area contributed by atoms with Crippen LogP contribution in [0.1, 0.15) is 58.2 Å². The lowest BCUT2D eigenvalue weighted by Gasteiger charge is -2.25. The molecule has 0 saturated heterocycles. The van der Waals surface area contributed by atoms with E-state index in [0.29, 0.717) is 11.1 Å². The summed E-state index contributed by atoms with van der Waals surface area (Å²) >= 11 is 0. The van der Waals surface area contributed by atoms with Gasteiger partial charge in [-0.25, -0.2) is 9.59 Å². The number of hydrogen-bond donors (Lipinski definition) is 0. The third kappa shape index (κ3) is 4.60. The topological polar surface area (TPSA) is 52.6 Å². The van der Waals surface area contributed by atoms with Gasteiger partial charge in [0.15, 0.2) is 11.5 Å². The summed E-state index contributed by atoms with van der Waals surface area (Å²) in [6, 6.07) is 19.5. The molecule has 0 unspecified atom stereocenters. The summed E-state index contributed by atoms with van der Waals surface area (Å²) in [6.07, 6.45) is 0. The number of rotatable bonds is 4. The second-order valence-corrected chi connectivity index (χ2v) is 8.29. The summed E-state index contributed by atoms with van der Waals surface area (Å²) in [6.45, 7) is 10.0. The number of carbonyl (C=O) groups is 2. The van der Waals surface area contributed by atoms with Gasteiger partial charge in [-0.2, -0.15) is 0 Å². The number of ether oxygens (including phenoxy) is 2. The van der Waals surface area contributed by atoms with Crippen LogP contribution in [0.2, 0.25) is 0 Å². The molecule has 154 valence electrons. The van der Waals surface area contributed by atoms with E-state index >= 15 is 0 Å². The molecular formula is C26H26O4. The molecule has 3 aromatic carbocycles. The number of carbonyl (C=O) groups excluding carboxylic acids is 2. The molecule has 30 heavy (non-hydrogen) atoms. The maximum Gasteiger partial charge on any atom is 0.343 e. The van der Waals surface area contributed by atoms with Crippen molar-refractivity contribution in [2.75, 3.05) is 0 Å². The van der Waals surface area contributed by atoms with Crippen molar-refractivity contribution in [2.24, 2.45) is 0 Å². The molecule has 0 spiro atoms. The van der Waals surface area contributed by atoms with Crippen LogP contribution in [0.15, 0.2) is 66.7 Å². The molecule has 0 amide bonds. The van der Waals surface area contributed by atoms with E-state index in [-0.39, 0.29) is 16.9 Å². The zero-order valence-corrected chi connectivity index (χ0v) is 18.0. The maximum absolute atomic E-state index is 12.8. The molecule has 3 rings (SSSR count). The van der Waals surface area contributed by atoms with Crippen LogP contribution in [0.5, 0.6) is 11.5 Å². The van der Waals surface area contributed by atoms with Crippen molar-refractivity contribution in [3.63, 3.8) is 0 Å². The van der Waals surface area contributed by atoms with Crippen molar-refractivity contribution in [1.29, 1.82) is 0 Å². The van der Waals surface area contributed by atoms with Gasteiger partial charge >= 0.3 is 11.9 Å². The Labute approximate surface area is 177 Å². The second-order valence-electron chi connectivity index (χ2n) is 8.29. The van der Waals surface area contributed by atoms with Gasteiger partial charge in [-0.05, 0) is 60.2 Å². The molecule has 0 bridgehead atoms. The average molecular weight is 402 g/mol. The lowest BCUT2D eigenvalue weighted by atomic mass is 9.82. The van der Waals surface area contributed by atoms with Gasteiger partial charge in [0.2, 0.25) is 0 Å². The fourth-order valence-electron chi connectivity index (χ4n) is 3.34. The van der Waals surface area contributed by atoms with E-state index in [0.717, 1.165) is 16.7 Å². The maximum atomic E-state index is 12.8. The van der Waals surface area contributed by atoms with Crippen LogP contribution < -0.4 is 9.47 Å². The van der Waals surface area contributed by atoms with E-state index in [1.807, 2.05) is 32.0 Å². The smallest absolute Gasteiger partial charge is 0.343 e. The van der Waals surface area contributed by atoms with Gasteiger partial charge in [0.25, 0.3) is 0 Å². The predicted molar refractivity (Wildman–Crippen MR) is 117 cm³/mol. The quantitative estimate of drug-likeness (QED) is 0.394. The molecule has 3 aromatic rings. The number of aryl methyl sites for hydroxylation is 1. The first-order valence-corrected chi connectivity index (χ1v) is 9.87. The molecule has 0 heterocycles. The summed E-state index contributed by atoms with van der Waals surface area (Å²) in [4.78, 5) is 25.5. The summed E-state index contributed by atoms with van der Waals surface area (Å²) in [5.41, 5.74) is 3.20. The summed E-state index contributed by atoms with van der Waals surface area (Å²) in [5, 5.41) is 0. The molecule has 0 aliphatic rings. The Morgan fingerprint density at radius 2 is 1.13 bits per heavy atom. The highest BCUT2D eigenvalue weighted by atomic mass is 16.6. The third-order valence-electron chi connectivity index (χ3n) is 4.89. The number of esters is 2. The monoisotopic (exact) mass is 402 g/mol. The highest BCUT2D eigenvalue weighted by Crippen LogP contribution is 2.41. The van der Waals surface area contributed by atoms with Crippen molar-refractivity contribution in [1.82, 2.24) is 0 Å². The largest absolute Gasteiger partial charge is 0.419 e.